The normalized spacial score (nSPS) is 18.5. The van der Waals surface area contributed by atoms with E-state index in [1.165, 1.54) is 15.4 Å². The molecule has 2 heterocycles. The molecule has 34 heavy (non-hydrogen) atoms. The van der Waals surface area contributed by atoms with Gasteiger partial charge in [-0.25, -0.2) is 8.42 Å². The van der Waals surface area contributed by atoms with Crippen molar-refractivity contribution in [1.29, 1.82) is 0 Å². The lowest BCUT2D eigenvalue weighted by Gasteiger charge is -2.26. The Morgan fingerprint density at radius 2 is 1.82 bits per heavy atom. The Bertz CT molecular complexity index is 1260. The molecule has 1 aliphatic heterocycles. The van der Waals surface area contributed by atoms with Crippen LogP contribution in [0.5, 0.6) is 0 Å². The highest BCUT2D eigenvalue weighted by atomic mass is 32.2. The smallest absolute Gasteiger partial charge is 0.243 e. The Labute approximate surface area is 199 Å². The van der Waals surface area contributed by atoms with Gasteiger partial charge in [-0.1, -0.05) is 29.4 Å². The lowest BCUT2D eigenvalue weighted by Crippen LogP contribution is -2.31. The Morgan fingerprint density at radius 1 is 1.06 bits per heavy atom. The van der Waals surface area contributed by atoms with Crippen LogP contribution < -0.4 is 5.32 Å². The first kappa shape index (κ1) is 22.7. The third kappa shape index (κ3) is 4.76. The van der Waals surface area contributed by atoms with Crippen LogP contribution in [-0.2, 0) is 27.7 Å². The van der Waals surface area contributed by atoms with Crippen LogP contribution in [-0.4, -0.2) is 41.9 Å². The molecule has 5 rings (SSSR count). The van der Waals surface area contributed by atoms with Crippen LogP contribution in [0.25, 0.3) is 11.4 Å². The summed E-state index contributed by atoms with van der Waals surface area (Å²) in [5, 5.41) is 7.14. The summed E-state index contributed by atoms with van der Waals surface area (Å²) in [6, 6.07) is 14.8. The van der Waals surface area contributed by atoms with Crippen molar-refractivity contribution < 1.29 is 17.7 Å². The van der Waals surface area contributed by atoms with Crippen molar-refractivity contribution in [2.45, 2.75) is 55.9 Å². The summed E-state index contributed by atoms with van der Waals surface area (Å²) in [6.07, 6.45) is 5.45. The number of aromatic nitrogens is 2. The molecule has 1 atom stereocenters. The Balaban J connectivity index is 1.18. The van der Waals surface area contributed by atoms with Gasteiger partial charge in [0.25, 0.3) is 0 Å². The number of hydrogen-bond donors (Lipinski definition) is 1. The van der Waals surface area contributed by atoms with Gasteiger partial charge in [-0.05, 0) is 67.5 Å². The molecular weight excluding hydrogens is 452 g/mol. The van der Waals surface area contributed by atoms with Crippen LogP contribution in [0.1, 0.15) is 55.2 Å². The molecule has 1 aliphatic carbocycles. The van der Waals surface area contributed by atoms with E-state index >= 15 is 0 Å². The molecule has 8 nitrogen and oxygen atoms in total. The summed E-state index contributed by atoms with van der Waals surface area (Å²) in [5.41, 5.74) is 3.18. The summed E-state index contributed by atoms with van der Waals surface area (Å²) < 4.78 is 32.2. The van der Waals surface area contributed by atoms with Gasteiger partial charge in [0.2, 0.25) is 27.6 Å². The van der Waals surface area contributed by atoms with Gasteiger partial charge in [0.15, 0.2) is 0 Å². The first-order valence-corrected chi connectivity index (χ1v) is 13.2. The fourth-order valence-electron chi connectivity index (χ4n) is 4.72. The Kier molecular flexibility index (Phi) is 6.47. The summed E-state index contributed by atoms with van der Waals surface area (Å²) in [5.74, 6) is 0.711. The number of fused-ring (bicyclic) bond motifs is 1. The van der Waals surface area contributed by atoms with Crippen molar-refractivity contribution in [1.82, 2.24) is 19.8 Å². The molecule has 0 radical (unpaired) electrons. The summed E-state index contributed by atoms with van der Waals surface area (Å²) in [4.78, 5) is 17.2. The van der Waals surface area contributed by atoms with Gasteiger partial charge in [-0.3, -0.25) is 4.79 Å². The van der Waals surface area contributed by atoms with E-state index in [0.717, 1.165) is 32.1 Å². The van der Waals surface area contributed by atoms with E-state index in [-0.39, 0.29) is 23.3 Å². The van der Waals surface area contributed by atoms with Gasteiger partial charge in [0, 0.05) is 31.5 Å². The van der Waals surface area contributed by atoms with Gasteiger partial charge >= 0.3 is 0 Å². The number of hydrogen-bond acceptors (Lipinski definition) is 6. The maximum Gasteiger partial charge on any atom is 0.243 e. The molecule has 178 valence electrons. The molecule has 1 N–H and O–H groups in total. The van der Waals surface area contributed by atoms with Crippen molar-refractivity contribution in [2.24, 2.45) is 0 Å². The molecule has 0 spiro atoms. The molecule has 1 fully saturated rings. The quantitative estimate of drug-likeness (QED) is 0.553. The van der Waals surface area contributed by atoms with E-state index in [4.69, 9.17) is 4.52 Å². The number of rotatable bonds is 7. The number of nitrogens with one attached hydrogen (secondary N) is 1. The van der Waals surface area contributed by atoms with Crippen LogP contribution in [0, 0.1) is 0 Å². The standard InChI is InChI=1S/C25H28N4O4S/c30-23(26-22-9-5-7-18-6-1-2-8-21(18)22)14-15-24-27-25(28-33-24)19-10-12-20(13-11-19)34(31,32)29-16-3-4-17-29/h1-2,6,8,10-13,22H,3-5,7,9,14-17H2,(H,26,30). The van der Waals surface area contributed by atoms with Gasteiger partial charge in [0.05, 0.1) is 10.9 Å². The highest BCUT2D eigenvalue weighted by molar-refractivity contribution is 7.89. The zero-order chi connectivity index (χ0) is 23.5. The third-order valence-corrected chi connectivity index (χ3v) is 8.47. The number of aryl methyl sites for hydroxylation is 2. The summed E-state index contributed by atoms with van der Waals surface area (Å²) in [6.45, 7) is 1.14. The zero-order valence-corrected chi connectivity index (χ0v) is 19.8. The number of benzene rings is 2. The van der Waals surface area contributed by atoms with E-state index < -0.39 is 10.0 Å². The van der Waals surface area contributed by atoms with Crippen molar-refractivity contribution in [3.05, 3.63) is 65.5 Å². The van der Waals surface area contributed by atoms with Crippen molar-refractivity contribution in [2.75, 3.05) is 13.1 Å². The molecule has 1 unspecified atom stereocenters. The van der Waals surface area contributed by atoms with Gasteiger partial charge in [-0.15, -0.1) is 0 Å². The molecular formula is C25H28N4O4S. The number of nitrogens with zero attached hydrogens (tertiary/aromatic N) is 3. The maximum absolute atomic E-state index is 12.7. The van der Waals surface area contributed by atoms with Gasteiger partial charge in [-0.2, -0.15) is 9.29 Å². The van der Waals surface area contributed by atoms with Crippen molar-refractivity contribution in [3.8, 4) is 11.4 Å². The largest absolute Gasteiger partial charge is 0.349 e. The van der Waals surface area contributed by atoms with E-state index in [1.54, 1.807) is 24.3 Å². The van der Waals surface area contributed by atoms with E-state index in [9.17, 15) is 13.2 Å². The average Bonchev–Trinajstić information content (AvgIpc) is 3.56. The number of amides is 1. The fourth-order valence-corrected chi connectivity index (χ4v) is 6.24. The van der Waals surface area contributed by atoms with Crippen LogP contribution in [0.2, 0.25) is 0 Å². The SMILES string of the molecule is O=C(CCc1nc(-c2ccc(S(=O)(=O)N3CCCC3)cc2)no1)NC1CCCc2ccccc21. The second kappa shape index (κ2) is 9.68. The van der Waals surface area contributed by atoms with Crippen LogP contribution in [0.15, 0.2) is 57.9 Å². The number of sulfonamides is 1. The average molecular weight is 481 g/mol. The molecule has 9 heteroatoms. The monoisotopic (exact) mass is 480 g/mol. The Hall–Kier alpha value is -3.04. The minimum Gasteiger partial charge on any atom is -0.349 e. The fraction of sp³-hybridized carbons (Fsp3) is 0.400. The third-order valence-electron chi connectivity index (χ3n) is 6.55. The lowest BCUT2D eigenvalue weighted by atomic mass is 9.87. The highest BCUT2D eigenvalue weighted by Gasteiger charge is 2.27. The van der Waals surface area contributed by atoms with E-state index in [0.29, 0.717) is 36.8 Å². The maximum atomic E-state index is 12.7. The predicted octanol–water partition coefficient (Wildman–Crippen LogP) is 3.65. The van der Waals surface area contributed by atoms with Gasteiger partial charge in [0.1, 0.15) is 0 Å². The molecule has 0 bridgehead atoms. The Morgan fingerprint density at radius 3 is 2.62 bits per heavy atom. The van der Waals surface area contributed by atoms with Crippen molar-refractivity contribution >= 4 is 15.9 Å². The zero-order valence-electron chi connectivity index (χ0n) is 18.9. The number of carbonyl (C=O) groups is 1. The predicted molar refractivity (Wildman–Crippen MR) is 126 cm³/mol. The first-order valence-electron chi connectivity index (χ1n) is 11.8. The first-order chi connectivity index (χ1) is 16.5. The van der Waals surface area contributed by atoms with E-state index in [1.807, 2.05) is 12.1 Å². The second-order valence-corrected chi connectivity index (χ2v) is 10.8. The summed E-state index contributed by atoms with van der Waals surface area (Å²) >= 11 is 0. The second-order valence-electron chi connectivity index (χ2n) is 8.86. The molecule has 2 aromatic carbocycles. The minimum atomic E-state index is -3.46. The molecule has 0 saturated carbocycles. The number of carbonyl (C=O) groups excluding carboxylic acids is 1. The molecule has 1 amide bonds. The van der Waals surface area contributed by atoms with Crippen LogP contribution >= 0.6 is 0 Å². The molecule has 1 aromatic heterocycles. The minimum absolute atomic E-state index is 0.0436. The molecule has 3 aromatic rings. The summed E-state index contributed by atoms with van der Waals surface area (Å²) in [7, 11) is -3.46. The van der Waals surface area contributed by atoms with Crippen LogP contribution in [0.3, 0.4) is 0 Å². The highest BCUT2D eigenvalue weighted by Crippen LogP contribution is 2.29. The van der Waals surface area contributed by atoms with Crippen LogP contribution in [0.4, 0.5) is 0 Å². The van der Waals surface area contributed by atoms with Gasteiger partial charge < -0.3 is 9.84 Å². The van der Waals surface area contributed by atoms with E-state index in [2.05, 4.69) is 27.6 Å². The topological polar surface area (TPSA) is 105 Å². The molecule has 2 aliphatic rings. The molecule has 1 saturated heterocycles. The lowest BCUT2D eigenvalue weighted by molar-refractivity contribution is -0.122. The van der Waals surface area contributed by atoms with Crippen molar-refractivity contribution in [3.63, 3.8) is 0 Å².